The van der Waals surface area contributed by atoms with Crippen LogP contribution in [0.4, 0.5) is 0 Å². The number of amides is 1. The van der Waals surface area contributed by atoms with E-state index in [-0.39, 0.29) is 17.8 Å². The second-order valence-corrected chi connectivity index (χ2v) is 8.32. The lowest BCUT2D eigenvalue weighted by molar-refractivity contribution is -0.126. The van der Waals surface area contributed by atoms with Gasteiger partial charge in [0.15, 0.2) is 6.61 Å². The van der Waals surface area contributed by atoms with Crippen molar-refractivity contribution in [2.45, 2.75) is 70.7 Å². The van der Waals surface area contributed by atoms with Crippen LogP contribution in [0.5, 0.6) is 0 Å². The molecule has 6 heteroatoms. The molecule has 2 aliphatic heterocycles. The molecule has 0 aromatic rings. The van der Waals surface area contributed by atoms with E-state index in [1.807, 2.05) is 20.8 Å². The SMILES string of the molecule is CCC(C)(P)NC(=O)CO/N=C(\C)C1=CCC[C@H]2NC1CC2C. The monoisotopic (exact) mass is 339 g/mol. The summed E-state index contributed by atoms with van der Waals surface area (Å²) in [6.45, 7) is 8.20. The lowest BCUT2D eigenvalue weighted by atomic mass is 9.91. The fourth-order valence-corrected chi connectivity index (χ4v) is 3.42. The van der Waals surface area contributed by atoms with Gasteiger partial charge in [0.1, 0.15) is 0 Å². The minimum Gasteiger partial charge on any atom is -0.385 e. The third kappa shape index (κ3) is 5.02. The topological polar surface area (TPSA) is 62.7 Å². The minimum absolute atomic E-state index is 0.0499. The van der Waals surface area contributed by atoms with Crippen LogP contribution in [0.15, 0.2) is 16.8 Å². The maximum atomic E-state index is 11.9. The smallest absolute Gasteiger partial charge is 0.261 e. The number of hydrogen-bond donors (Lipinski definition) is 2. The summed E-state index contributed by atoms with van der Waals surface area (Å²) in [4.78, 5) is 17.1. The van der Waals surface area contributed by atoms with E-state index in [2.05, 4.69) is 38.0 Å². The van der Waals surface area contributed by atoms with Crippen LogP contribution in [0.25, 0.3) is 0 Å². The first-order chi connectivity index (χ1) is 10.8. The van der Waals surface area contributed by atoms with Crippen molar-refractivity contribution in [3.8, 4) is 0 Å². The Morgan fingerprint density at radius 2 is 2.35 bits per heavy atom. The molecule has 1 saturated heterocycles. The van der Waals surface area contributed by atoms with Crippen molar-refractivity contribution in [2.75, 3.05) is 6.61 Å². The Morgan fingerprint density at radius 1 is 1.61 bits per heavy atom. The summed E-state index contributed by atoms with van der Waals surface area (Å²) < 4.78 is 0. The molecule has 0 aromatic heterocycles. The van der Waals surface area contributed by atoms with E-state index in [1.165, 1.54) is 12.0 Å². The van der Waals surface area contributed by atoms with Crippen molar-refractivity contribution in [3.05, 3.63) is 11.6 Å². The zero-order chi connectivity index (χ0) is 17.0. The molecule has 1 amide bonds. The average Bonchev–Trinajstić information content (AvgIpc) is 2.70. The fraction of sp³-hybridized carbons (Fsp3) is 0.765. The first-order valence-electron chi connectivity index (χ1n) is 8.55. The molecule has 5 nitrogen and oxygen atoms in total. The molecule has 130 valence electrons. The van der Waals surface area contributed by atoms with Crippen LogP contribution >= 0.6 is 9.24 Å². The molecule has 23 heavy (non-hydrogen) atoms. The summed E-state index contributed by atoms with van der Waals surface area (Å²) in [5, 5.41) is 10.5. The molecule has 0 radical (unpaired) electrons. The van der Waals surface area contributed by atoms with Gasteiger partial charge < -0.3 is 15.5 Å². The average molecular weight is 339 g/mol. The standard InChI is InChI=1S/C17H30N3O2P/c1-5-17(4,23)19-16(21)10-22-20-12(3)13-7-6-8-14-11(2)9-15(13)18-14/h7,11,14-15,18H,5-6,8-10,23H2,1-4H3,(H,19,21)/b20-12+/t11?,14-,15?,17?/m1/s1. The van der Waals surface area contributed by atoms with E-state index >= 15 is 0 Å². The number of carbonyl (C=O) groups is 1. The summed E-state index contributed by atoms with van der Waals surface area (Å²) in [6.07, 6.45) is 6.50. The minimum atomic E-state index is -0.290. The lowest BCUT2D eigenvalue weighted by Crippen LogP contribution is -2.41. The molecule has 0 aliphatic carbocycles. The van der Waals surface area contributed by atoms with Crippen LogP contribution < -0.4 is 10.6 Å². The Bertz CT molecular complexity index is 502. The van der Waals surface area contributed by atoms with Crippen molar-refractivity contribution in [1.82, 2.24) is 10.6 Å². The van der Waals surface area contributed by atoms with Crippen LogP contribution in [0, 0.1) is 5.92 Å². The maximum absolute atomic E-state index is 11.9. The molecule has 2 N–H and O–H groups in total. The molecule has 2 bridgehead atoms. The second kappa shape index (κ2) is 7.76. The third-order valence-electron chi connectivity index (χ3n) is 4.90. The molecular weight excluding hydrogens is 309 g/mol. The number of oxime groups is 1. The summed E-state index contributed by atoms with van der Waals surface area (Å²) in [6, 6.07) is 0.983. The maximum Gasteiger partial charge on any atom is 0.261 e. The molecule has 0 saturated carbocycles. The molecular formula is C17H30N3O2P. The summed E-state index contributed by atoms with van der Waals surface area (Å²) in [5.74, 6) is 0.556. The summed E-state index contributed by atoms with van der Waals surface area (Å²) in [7, 11) is 2.65. The predicted molar refractivity (Wildman–Crippen MR) is 97.4 cm³/mol. The van der Waals surface area contributed by atoms with Crippen molar-refractivity contribution < 1.29 is 9.63 Å². The predicted octanol–water partition coefficient (Wildman–Crippen LogP) is 2.58. The number of nitrogens with zero attached hydrogens (tertiary/aromatic N) is 1. The van der Waals surface area contributed by atoms with Gasteiger partial charge in [0.05, 0.1) is 11.0 Å². The largest absolute Gasteiger partial charge is 0.385 e. The van der Waals surface area contributed by atoms with E-state index in [1.54, 1.807) is 0 Å². The molecule has 4 unspecified atom stereocenters. The van der Waals surface area contributed by atoms with Gasteiger partial charge in [-0.2, -0.15) is 0 Å². The Kier molecular flexibility index (Phi) is 6.21. The van der Waals surface area contributed by atoms with Crippen LogP contribution in [0.1, 0.15) is 53.4 Å². The number of hydrogen-bond acceptors (Lipinski definition) is 4. The number of rotatable bonds is 6. The van der Waals surface area contributed by atoms with E-state index in [4.69, 9.17) is 4.84 Å². The first-order valence-corrected chi connectivity index (χ1v) is 9.13. The van der Waals surface area contributed by atoms with Gasteiger partial charge in [0.2, 0.25) is 0 Å². The van der Waals surface area contributed by atoms with Crippen LogP contribution in [-0.4, -0.2) is 35.6 Å². The molecule has 2 heterocycles. The highest BCUT2D eigenvalue weighted by Crippen LogP contribution is 2.31. The Hall–Kier alpha value is -0.930. The third-order valence-corrected chi connectivity index (χ3v) is 5.45. The van der Waals surface area contributed by atoms with E-state index in [0.29, 0.717) is 18.0 Å². The molecule has 1 fully saturated rings. The molecule has 0 aromatic carbocycles. The highest BCUT2D eigenvalue weighted by atomic mass is 31.0. The molecule has 5 atom stereocenters. The van der Waals surface area contributed by atoms with Crippen LogP contribution in [-0.2, 0) is 9.63 Å². The van der Waals surface area contributed by atoms with E-state index < -0.39 is 0 Å². The van der Waals surface area contributed by atoms with Gasteiger partial charge in [-0.3, -0.25) is 4.79 Å². The van der Waals surface area contributed by atoms with Crippen molar-refractivity contribution >= 4 is 20.9 Å². The van der Waals surface area contributed by atoms with Crippen molar-refractivity contribution in [3.63, 3.8) is 0 Å². The Balaban J connectivity index is 1.88. The molecule has 2 aliphatic rings. The summed E-state index contributed by atoms with van der Waals surface area (Å²) in [5.41, 5.74) is 2.09. The van der Waals surface area contributed by atoms with Gasteiger partial charge in [-0.25, -0.2) is 0 Å². The van der Waals surface area contributed by atoms with E-state index in [0.717, 1.165) is 25.0 Å². The zero-order valence-corrected chi connectivity index (χ0v) is 15.8. The quantitative estimate of drug-likeness (QED) is 0.444. The second-order valence-electron chi connectivity index (χ2n) is 7.04. The van der Waals surface area contributed by atoms with Gasteiger partial charge in [-0.15, -0.1) is 9.24 Å². The molecule has 2 rings (SSSR count). The highest BCUT2D eigenvalue weighted by molar-refractivity contribution is 7.18. The van der Waals surface area contributed by atoms with Gasteiger partial charge in [0.25, 0.3) is 5.91 Å². The lowest BCUT2D eigenvalue weighted by Gasteiger charge is -2.23. The van der Waals surface area contributed by atoms with Gasteiger partial charge in [0, 0.05) is 12.1 Å². The number of carbonyl (C=O) groups excluding carboxylic acids is 1. The number of nitrogens with one attached hydrogen (secondary N) is 2. The van der Waals surface area contributed by atoms with Crippen LogP contribution in [0.2, 0.25) is 0 Å². The Morgan fingerprint density at radius 3 is 3.04 bits per heavy atom. The van der Waals surface area contributed by atoms with Gasteiger partial charge >= 0.3 is 0 Å². The van der Waals surface area contributed by atoms with Crippen molar-refractivity contribution in [1.29, 1.82) is 0 Å². The number of allylic oxidation sites excluding steroid dienone is 1. The normalized spacial score (nSPS) is 30.2. The Labute approximate surface area is 141 Å². The molecule has 0 spiro atoms. The van der Waals surface area contributed by atoms with Gasteiger partial charge in [-0.05, 0) is 51.0 Å². The summed E-state index contributed by atoms with van der Waals surface area (Å²) >= 11 is 0. The van der Waals surface area contributed by atoms with Crippen molar-refractivity contribution in [2.24, 2.45) is 11.1 Å². The fourth-order valence-electron chi connectivity index (χ4n) is 3.26. The zero-order valence-electron chi connectivity index (χ0n) is 14.7. The van der Waals surface area contributed by atoms with Crippen LogP contribution in [0.3, 0.4) is 0 Å². The van der Waals surface area contributed by atoms with Gasteiger partial charge in [-0.1, -0.05) is 25.1 Å². The van der Waals surface area contributed by atoms with E-state index in [9.17, 15) is 4.79 Å². The first kappa shape index (κ1) is 18.4. The number of fused-ring (bicyclic) bond motifs is 2. The highest BCUT2D eigenvalue weighted by Gasteiger charge is 2.34.